The molecule has 0 radical (unpaired) electrons. The van der Waals surface area contributed by atoms with Crippen molar-refractivity contribution in [3.8, 4) is 5.75 Å². The van der Waals surface area contributed by atoms with Gasteiger partial charge in [-0.15, -0.1) is 0 Å². The largest absolute Gasteiger partial charge is 0.489 e. The van der Waals surface area contributed by atoms with Crippen molar-refractivity contribution in [3.05, 3.63) is 34.4 Å². The highest BCUT2D eigenvalue weighted by Gasteiger charge is 2.12. The lowest BCUT2D eigenvalue weighted by molar-refractivity contribution is 0.269. The van der Waals surface area contributed by atoms with Crippen molar-refractivity contribution in [1.82, 2.24) is 5.32 Å². The molecule has 18 heavy (non-hydrogen) atoms. The molecular formula is C14H18ClNO2. The maximum Gasteiger partial charge on any atom is 0.127 e. The zero-order chi connectivity index (χ0) is 13.0. The van der Waals surface area contributed by atoms with Crippen molar-refractivity contribution in [2.24, 2.45) is 0 Å². The molecule has 98 valence electrons. The molecule has 0 aromatic heterocycles. The first-order chi connectivity index (χ1) is 8.69. The van der Waals surface area contributed by atoms with Gasteiger partial charge in [-0.1, -0.05) is 11.6 Å². The number of ether oxygens (including phenoxy) is 1. The van der Waals surface area contributed by atoms with Gasteiger partial charge < -0.3 is 15.2 Å². The van der Waals surface area contributed by atoms with Gasteiger partial charge in [0.1, 0.15) is 12.4 Å². The lowest BCUT2D eigenvalue weighted by Crippen LogP contribution is -2.30. The molecule has 0 bridgehead atoms. The number of hydrogen-bond donors (Lipinski definition) is 2. The van der Waals surface area contributed by atoms with E-state index in [0.29, 0.717) is 12.6 Å². The Balaban J connectivity index is 1.99. The van der Waals surface area contributed by atoms with Crippen LogP contribution in [0.3, 0.4) is 0 Å². The van der Waals surface area contributed by atoms with Crippen LogP contribution in [0.5, 0.6) is 5.75 Å². The molecule has 4 heteroatoms. The SMILES string of the molecule is CC(CCO)NCC1=Cc2cc(Cl)ccc2OC1. The molecule has 2 rings (SSSR count). The summed E-state index contributed by atoms with van der Waals surface area (Å²) in [6.45, 7) is 3.65. The molecular weight excluding hydrogens is 250 g/mol. The third-order valence-electron chi connectivity index (χ3n) is 2.98. The molecule has 0 saturated heterocycles. The van der Waals surface area contributed by atoms with E-state index in [4.69, 9.17) is 21.4 Å². The Kier molecular flexibility index (Phi) is 4.64. The Morgan fingerprint density at radius 2 is 2.33 bits per heavy atom. The van der Waals surface area contributed by atoms with E-state index in [1.807, 2.05) is 18.2 Å². The number of fused-ring (bicyclic) bond motifs is 1. The first-order valence-electron chi connectivity index (χ1n) is 6.15. The van der Waals surface area contributed by atoms with Gasteiger partial charge in [0.05, 0.1) is 0 Å². The molecule has 0 fully saturated rings. The van der Waals surface area contributed by atoms with Crippen molar-refractivity contribution < 1.29 is 9.84 Å². The standard InChI is InChI=1S/C14H18ClNO2/c1-10(4-5-17)16-8-11-6-12-7-13(15)2-3-14(12)18-9-11/h2-3,6-7,10,16-17H,4-5,8-9H2,1H3. The summed E-state index contributed by atoms with van der Waals surface area (Å²) < 4.78 is 5.67. The number of nitrogens with one attached hydrogen (secondary N) is 1. The quantitative estimate of drug-likeness (QED) is 0.861. The van der Waals surface area contributed by atoms with Crippen molar-refractivity contribution in [3.63, 3.8) is 0 Å². The molecule has 1 aliphatic heterocycles. The molecule has 1 aromatic carbocycles. The molecule has 1 aromatic rings. The highest BCUT2D eigenvalue weighted by Crippen LogP contribution is 2.28. The maximum atomic E-state index is 8.84. The normalized spacial score (nSPS) is 15.6. The summed E-state index contributed by atoms with van der Waals surface area (Å²) in [4.78, 5) is 0. The zero-order valence-electron chi connectivity index (χ0n) is 10.4. The van der Waals surface area contributed by atoms with E-state index in [2.05, 4.69) is 18.3 Å². The Morgan fingerprint density at radius 3 is 3.11 bits per heavy atom. The van der Waals surface area contributed by atoms with Crippen molar-refractivity contribution in [2.45, 2.75) is 19.4 Å². The molecule has 3 nitrogen and oxygen atoms in total. The van der Waals surface area contributed by atoms with Crippen molar-refractivity contribution in [2.75, 3.05) is 19.8 Å². The van der Waals surface area contributed by atoms with E-state index < -0.39 is 0 Å². The van der Waals surface area contributed by atoms with E-state index in [1.54, 1.807) is 0 Å². The smallest absolute Gasteiger partial charge is 0.127 e. The molecule has 1 aliphatic rings. The molecule has 1 heterocycles. The second-order valence-electron chi connectivity index (χ2n) is 4.57. The van der Waals surface area contributed by atoms with Gasteiger partial charge in [-0.2, -0.15) is 0 Å². The fourth-order valence-corrected chi connectivity index (χ4v) is 2.08. The van der Waals surface area contributed by atoms with Crippen LogP contribution in [-0.4, -0.2) is 30.9 Å². The van der Waals surface area contributed by atoms with E-state index in [9.17, 15) is 0 Å². The maximum absolute atomic E-state index is 8.84. The van der Waals surface area contributed by atoms with Crippen molar-refractivity contribution in [1.29, 1.82) is 0 Å². The third-order valence-corrected chi connectivity index (χ3v) is 3.22. The summed E-state index contributed by atoms with van der Waals surface area (Å²) in [6.07, 6.45) is 2.87. The topological polar surface area (TPSA) is 41.5 Å². The number of halogens is 1. The molecule has 0 amide bonds. The highest BCUT2D eigenvalue weighted by atomic mass is 35.5. The summed E-state index contributed by atoms with van der Waals surface area (Å²) in [5, 5.41) is 12.9. The van der Waals surface area contributed by atoms with Gasteiger partial charge in [0.15, 0.2) is 0 Å². The number of rotatable bonds is 5. The second-order valence-corrected chi connectivity index (χ2v) is 5.00. The summed E-state index contributed by atoms with van der Waals surface area (Å²) in [5.41, 5.74) is 2.22. The highest BCUT2D eigenvalue weighted by molar-refractivity contribution is 6.30. The van der Waals surface area contributed by atoms with Crippen LogP contribution >= 0.6 is 11.6 Å². The van der Waals surface area contributed by atoms with Gasteiger partial charge >= 0.3 is 0 Å². The summed E-state index contributed by atoms with van der Waals surface area (Å²) in [5.74, 6) is 0.881. The number of benzene rings is 1. The van der Waals surface area contributed by atoms with Gasteiger partial charge in [-0.25, -0.2) is 0 Å². The van der Waals surface area contributed by atoms with Gasteiger partial charge in [-0.05, 0) is 43.2 Å². The average Bonchev–Trinajstić information content (AvgIpc) is 2.36. The van der Waals surface area contributed by atoms with Crippen molar-refractivity contribution >= 4 is 17.7 Å². The van der Waals surface area contributed by atoms with Crippen LogP contribution in [0.4, 0.5) is 0 Å². The summed E-state index contributed by atoms with van der Waals surface area (Å²) >= 11 is 5.96. The predicted octanol–water partition coefficient (Wildman–Crippen LogP) is 2.48. The van der Waals surface area contributed by atoms with Crippen LogP contribution in [0.15, 0.2) is 23.8 Å². The number of hydrogen-bond acceptors (Lipinski definition) is 3. The predicted molar refractivity (Wildman–Crippen MR) is 74.1 cm³/mol. The van der Waals surface area contributed by atoms with E-state index >= 15 is 0 Å². The van der Waals surface area contributed by atoms with Crippen LogP contribution < -0.4 is 10.1 Å². The van der Waals surface area contributed by atoms with Gasteiger partial charge in [0.25, 0.3) is 0 Å². The molecule has 0 aliphatic carbocycles. The van der Waals surface area contributed by atoms with Gasteiger partial charge in [0, 0.05) is 29.8 Å². The zero-order valence-corrected chi connectivity index (χ0v) is 11.2. The monoisotopic (exact) mass is 267 g/mol. The minimum atomic E-state index is 0.210. The Hall–Kier alpha value is -1.03. The van der Waals surface area contributed by atoms with Gasteiger partial charge in [-0.3, -0.25) is 0 Å². The average molecular weight is 268 g/mol. The van der Waals surface area contributed by atoms with Gasteiger partial charge in [0.2, 0.25) is 0 Å². The van der Waals surface area contributed by atoms with E-state index in [-0.39, 0.29) is 6.61 Å². The number of aliphatic hydroxyl groups excluding tert-OH is 1. The summed E-state index contributed by atoms with van der Waals surface area (Å²) in [7, 11) is 0. The fraction of sp³-hybridized carbons (Fsp3) is 0.429. The lowest BCUT2D eigenvalue weighted by atomic mass is 10.1. The lowest BCUT2D eigenvalue weighted by Gasteiger charge is -2.20. The number of aliphatic hydroxyl groups is 1. The molecule has 2 N–H and O–H groups in total. The van der Waals surface area contributed by atoms with E-state index in [0.717, 1.165) is 29.3 Å². The van der Waals surface area contributed by atoms with Crippen LogP contribution in [0, 0.1) is 0 Å². The second kappa shape index (κ2) is 6.23. The molecule has 1 unspecified atom stereocenters. The Morgan fingerprint density at radius 1 is 1.50 bits per heavy atom. The first-order valence-corrected chi connectivity index (χ1v) is 6.53. The first kappa shape index (κ1) is 13.4. The fourth-order valence-electron chi connectivity index (χ4n) is 1.90. The Bertz CT molecular complexity index is 445. The molecule has 0 saturated carbocycles. The van der Waals surface area contributed by atoms with E-state index in [1.165, 1.54) is 5.57 Å². The van der Waals surface area contributed by atoms with Crippen LogP contribution in [0.2, 0.25) is 5.02 Å². The summed E-state index contributed by atoms with van der Waals surface area (Å²) in [6, 6.07) is 5.94. The molecule has 0 spiro atoms. The third kappa shape index (κ3) is 3.48. The van der Waals surface area contributed by atoms with Crippen LogP contribution in [-0.2, 0) is 0 Å². The molecule has 1 atom stereocenters. The minimum Gasteiger partial charge on any atom is -0.489 e. The van der Waals surface area contributed by atoms with Crippen LogP contribution in [0.1, 0.15) is 18.9 Å². The Labute approximate surface area is 112 Å². The van der Waals surface area contributed by atoms with Crippen LogP contribution in [0.25, 0.3) is 6.08 Å². The minimum absolute atomic E-state index is 0.210.